The fourth-order valence-corrected chi connectivity index (χ4v) is 4.87. The number of aliphatic carboxylic acids is 1. The molecule has 7 nitrogen and oxygen atoms in total. The van der Waals surface area contributed by atoms with E-state index in [2.05, 4.69) is 126 Å². The first-order valence-electron chi connectivity index (χ1n) is 16.8. The minimum atomic E-state index is -3.11. The Kier molecular flexibility index (Phi) is 33.2. The Labute approximate surface area is 293 Å². The van der Waals surface area contributed by atoms with Gasteiger partial charge in [0.2, 0.25) is 5.91 Å². The number of hydrogen-bond acceptors (Lipinski definition) is 5. The summed E-state index contributed by atoms with van der Waals surface area (Å²) in [4.78, 5) is 22.9. The first-order chi connectivity index (χ1) is 20.5. The zero-order chi connectivity index (χ0) is 36.1. The highest BCUT2D eigenvalue weighted by Crippen LogP contribution is 2.30. The zero-order valence-electron chi connectivity index (χ0n) is 31.3. The maximum atomic E-state index is 12.2. The van der Waals surface area contributed by atoms with Crippen molar-refractivity contribution < 1.29 is 27.3 Å². The quantitative estimate of drug-likeness (QED) is 0.201. The van der Waals surface area contributed by atoms with Gasteiger partial charge in [0.25, 0.3) is 0 Å². The Hall–Kier alpha value is -2.22. The molecule has 0 heterocycles. The maximum Gasteiger partial charge on any atom is 0.425 e. The number of benzene rings is 1. The number of carboxylic acid groups (broad SMARTS) is 1. The molecule has 280 valence electrons. The highest BCUT2D eigenvalue weighted by atomic mass is 32.2. The second kappa shape index (κ2) is 28.8. The third-order valence-corrected chi connectivity index (χ3v) is 7.82. The standard InChI is InChI=1S/C14H29NO.C14H22.C9H18O2.2CH4.O3S/c1-8-14(6,7)15-13(16)12(11(4)5)9-10(2)3;1-11(2)10-14(12(3)4)13-8-6-5-7-9-13;1-6(2)5-8(7(3)4)9(10)11;;;1-4(2)3/h10-12H,8-9H2,1-7H3,(H,15,16);5-9,11-12,14H,10H2,1-4H3;6-8H,5H2,1-4H3,(H,10,11);2*1H4;. The number of carboxylic acids is 1. The molecule has 47 heavy (non-hydrogen) atoms. The second-order valence-corrected chi connectivity index (χ2v) is 15.5. The van der Waals surface area contributed by atoms with Gasteiger partial charge >= 0.3 is 16.6 Å². The third-order valence-electron chi connectivity index (χ3n) is 7.82. The molecule has 1 rings (SSSR count). The Balaban J connectivity index is -0.000000176. The summed E-state index contributed by atoms with van der Waals surface area (Å²) in [5, 5.41) is 11.9. The minimum absolute atomic E-state index is 0. The SMILES string of the molecule is C.C.CC(C)CC(C(=O)O)C(C)C.CC(C)CC(c1ccccc1)C(C)C.CCC(C)(C)NC(=O)C(CC(C)C)C(C)C.O=S(=O)=O. The lowest BCUT2D eigenvalue weighted by molar-refractivity contribution is -0.143. The Morgan fingerprint density at radius 1 is 0.681 bits per heavy atom. The predicted molar refractivity (Wildman–Crippen MR) is 202 cm³/mol. The van der Waals surface area contributed by atoms with Crippen LogP contribution in [-0.2, 0) is 20.2 Å². The lowest BCUT2D eigenvalue weighted by atomic mass is 9.82. The second-order valence-electron chi connectivity index (χ2n) is 15.1. The van der Waals surface area contributed by atoms with Crippen LogP contribution < -0.4 is 5.32 Å². The summed E-state index contributed by atoms with van der Waals surface area (Å²) in [6, 6.07) is 10.9. The fraction of sp³-hybridized carbons (Fsp3) is 0.795. The largest absolute Gasteiger partial charge is 0.481 e. The van der Waals surface area contributed by atoms with Gasteiger partial charge < -0.3 is 10.4 Å². The van der Waals surface area contributed by atoms with E-state index in [0.29, 0.717) is 17.8 Å². The summed E-state index contributed by atoms with van der Waals surface area (Å²) in [6.07, 6.45) is 4.02. The van der Waals surface area contributed by atoms with Crippen molar-refractivity contribution in [3.63, 3.8) is 0 Å². The molecule has 1 amide bonds. The molecule has 0 aliphatic heterocycles. The van der Waals surface area contributed by atoms with Crippen molar-refractivity contribution in [3.05, 3.63) is 35.9 Å². The molecule has 0 aliphatic carbocycles. The van der Waals surface area contributed by atoms with Gasteiger partial charge in [-0.3, -0.25) is 9.59 Å². The molecule has 0 saturated heterocycles. The van der Waals surface area contributed by atoms with Gasteiger partial charge in [-0.15, -0.1) is 12.6 Å². The van der Waals surface area contributed by atoms with E-state index < -0.39 is 16.6 Å². The number of carbonyl (C=O) groups is 2. The topological polar surface area (TPSA) is 118 Å². The molecule has 8 heteroatoms. The van der Waals surface area contributed by atoms with Crippen LogP contribution in [0.15, 0.2) is 30.3 Å². The van der Waals surface area contributed by atoms with E-state index in [1.165, 1.54) is 12.0 Å². The van der Waals surface area contributed by atoms with E-state index in [0.717, 1.165) is 37.0 Å². The molecule has 2 N–H and O–H groups in total. The van der Waals surface area contributed by atoms with Crippen LogP contribution in [0.1, 0.15) is 156 Å². The average Bonchev–Trinajstić information content (AvgIpc) is 2.88. The van der Waals surface area contributed by atoms with Crippen LogP contribution in [0.4, 0.5) is 0 Å². The van der Waals surface area contributed by atoms with Crippen LogP contribution in [0.5, 0.6) is 0 Å². The molecular weight excluding hydrogens is 610 g/mol. The monoisotopic (exact) mass is 688 g/mol. The van der Waals surface area contributed by atoms with Crippen LogP contribution in [-0.4, -0.2) is 35.1 Å². The van der Waals surface area contributed by atoms with E-state index in [4.69, 9.17) is 17.7 Å². The summed E-state index contributed by atoms with van der Waals surface area (Å²) >= 11 is 0. The number of rotatable bonds is 14. The van der Waals surface area contributed by atoms with Gasteiger partial charge in [-0.2, -0.15) is 0 Å². The third kappa shape index (κ3) is 30.8. The molecule has 0 spiro atoms. The van der Waals surface area contributed by atoms with Crippen LogP contribution in [0.3, 0.4) is 0 Å². The summed E-state index contributed by atoms with van der Waals surface area (Å²) in [5.74, 6) is 3.47. The molecule has 0 radical (unpaired) electrons. The summed E-state index contributed by atoms with van der Waals surface area (Å²) < 4.78 is 25.3. The van der Waals surface area contributed by atoms with Gasteiger partial charge in [0.15, 0.2) is 0 Å². The smallest absolute Gasteiger partial charge is 0.425 e. The van der Waals surface area contributed by atoms with Crippen LogP contribution >= 0.6 is 0 Å². The van der Waals surface area contributed by atoms with Crippen molar-refractivity contribution in [1.29, 1.82) is 0 Å². The Bertz CT molecular complexity index is 1010. The molecule has 0 fully saturated rings. The molecule has 0 aromatic heterocycles. The first-order valence-corrected chi connectivity index (χ1v) is 17.8. The fourth-order valence-electron chi connectivity index (χ4n) is 4.87. The minimum Gasteiger partial charge on any atom is -0.481 e. The van der Waals surface area contributed by atoms with Gasteiger partial charge in [0, 0.05) is 11.5 Å². The Morgan fingerprint density at radius 2 is 1.04 bits per heavy atom. The van der Waals surface area contributed by atoms with Crippen LogP contribution in [0, 0.1) is 47.3 Å². The molecule has 3 atom stereocenters. The molecule has 0 bridgehead atoms. The van der Waals surface area contributed by atoms with Gasteiger partial charge in [-0.25, -0.2) is 0 Å². The van der Waals surface area contributed by atoms with Crippen molar-refractivity contribution in [2.75, 3.05) is 0 Å². The number of hydrogen-bond donors (Lipinski definition) is 2. The van der Waals surface area contributed by atoms with Gasteiger partial charge in [-0.05, 0) is 86.5 Å². The summed E-state index contributed by atoms with van der Waals surface area (Å²) in [6.45, 7) is 32.1. The average molecular weight is 688 g/mol. The molecular formula is C39H77NO6S. The lowest BCUT2D eigenvalue weighted by Crippen LogP contribution is -2.46. The van der Waals surface area contributed by atoms with Gasteiger partial charge in [0.1, 0.15) is 0 Å². The normalized spacial score (nSPS) is 12.7. The predicted octanol–water partition coefficient (Wildman–Crippen LogP) is 10.7. The van der Waals surface area contributed by atoms with Crippen LogP contribution in [0.2, 0.25) is 0 Å². The lowest BCUT2D eigenvalue weighted by Gasteiger charge is -2.29. The highest BCUT2D eigenvalue weighted by Gasteiger charge is 2.27. The molecule has 0 aliphatic rings. The van der Waals surface area contributed by atoms with Crippen LogP contribution in [0.25, 0.3) is 0 Å². The molecule has 1 aromatic rings. The van der Waals surface area contributed by atoms with E-state index in [1.807, 2.05) is 13.8 Å². The van der Waals surface area contributed by atoms with E-state index in [9.17, 15) is 9.59 Å². The number of carbonyl (C=O) groups excluding carboxylic acids is 1. The zero-order valence-corrected chi connectivity index (χ0v) is 32.1. The van der Waals surface area contributed by atoms with Crippen molar-refractivity contribution in [2.24, 2.45) is 47.3 Å². The highest BCUT2D eigenvalue weighted by molar-refractivity contribution is 7.59. The molecule has 1 aromatic carbocycles. The van der Waals surface area contributed by atoms with E-state index in [1.54, 1.807) is 0 Å². The Morgan fingerprint density at radius 3 is 1.30 bits per heavy atom. The van der Waals surface area contributed by atoms with E-state index >= 15 is 0 Å². The van der Waals surface area contributed by atoms with Crippen molar-refractivity contribution >= 4 is 22.5 Å². The van der Waals surface area contributed by atoms with Gasteiger partial charge in [0.05, 0.1) is 5.92 Å². The maximum absolute atomic E-state index is 12.2. The van der Waals surface area contributed by atoms with Crippen molar-refractivity contribution in [3.8, 4) is 0 Å². The number of nitrogens with one attached hydrogen (secondary N) is 1. The van der Waals surface area contributed by atoms with Crippen molar-refractivity contribution in [1.82, 2.24) is 5.32 Å². The summed E-state index contributed by atoms with van der Waals surface area (Å²) in [5.41, 5.74) is 1.41. The summed E-state index contributed by atoms with van der Waals surface area (Å²) in [7, 11) is -3.11. The molecule has 0 saturated carbocycles. The van der Waals surface area contributed by atoms with Gasteiger partial charge in [-0.1, -0.05) is 135 Å². The number of amides is 1. The van der Waals surface area contributed by atoms with E-state index in [-0.39, 0.29) is 44.1 Å². The van der Waals surface area contributed by atoms with Crippen molar-refractivity contribution in [2.45, 2.75) is 156 Å². The first kappa shape index (κ1) is 54.2. The molecule has 3 unspecified atom stereocenters.